The van der Waals surface area contributed by atoms with Gasteiger partial charge in [0.25, 0.3) is 11.6 Å². The van der Waals surface area contributed by atoms with Gasteiger partial charge in [-0.15, -0.1) is 0 Å². The lowest BCUT2D eigenvalue weighted by atomic mass is 10.1. The zero-order valence-corrected chi connectivity index (χ0v) is 26.0. The van der Waals surface area contributed by atoms with Crippen molar-refractivity contribution >= 4 is 37.4 Å². The number of anilines is 2. The molecule has 2 saturated heterocycles. The highest BCUT2D eigenvalue weighted by molar-refractivity contribution is 7.89. The molecule has 14 heteroatoms. The summed E-state index contributed by atoms with van der Waals surface area (Å²) in [5.74, 6) is 1.87. The molecule has 2 aromatic carbocycles. The highest BCUT2D eigenvalue weighted by Gasteiger charge is 2.36. The topological polar surface area (TPSA) is 142 Å². The van der Waals surface area contributed by atoms with E-state index in [0.29, 0.717) is 74.6 Å². The fraction of sp³-hybridized carbons (Fsp3) is 0.258. The number of oxime groups is 1. The van der Waals surface area contributed by atoms with E-state index in [0.717, 1.165) is 11.6 Å². The quantitative estimate of drug-likeness (QED) is 0.218. The molecule has 7 rings (SSSR count). The second kappa shape index (κ2) is 11.5. The number of rotatable bonds is 6. The summed E-state index contributed by atoms with van der Waals surface area (Å²) in [6, 6.07) is 21.1. The fourth-order valence-corrected chi connectivity index (χ4v) is 9.18. The molecule has 12 nitrogen and oxygen atoms in total. The first-order valence-corrected chi connectivity index (χ1v) is 17.6. The Kier molecular flexibility index (Phi) is 7.52. The number of sulfonamides is 2. The van der Waals surface area contributed by atoms with E-state index in [1.807, 2.05) is 48.8 Å². The van der Waals surface area contributed by atoms with Gasteiger partial charge in [-0.05, 0) is 47.5 Å². The number of hydrogen-bond acceptors (Lipinski definition) is 8. The maximum atomic E-state index is 13.7. The van der Waals surface area contributed by atoms with E-state index < -0.39 is 20.0 Å². The Balaban J connectivity index is 1.10. The standard InChI is InChI=1S/C31H31N7O5S2/c39-34-31-27-21-23(44(40,41)37-17-13-35(14-18-37)29-5-1-3-11-32-29)7-9-25(27)26-10-8-24(22-28(26)31)45(42,43)38-19-15-36(16-20-38)30-6-2-4-12-33-30/h1-12,21-22,39H,13-20H2/p+2. The minimum absolute atomic E-state index is 0.0938. The molecule has 45 heavy (non-hydrogen) atoms. The van der Waals surface area contributed by atoms with Gasteiger partial charge in [-0.1, -0.05) is 29.4 Å². The van der Waals surface area contributed by atoms with Crippen LogP contribution in [0.5, 0.6) is 0 Å². The summed E-state index contributed by atoms with van der Waals surface area (Å²) in [5, 5.41) is 13.6. The Hall–Kier alpha value is -4.37. The van der Waals surface area contributed by atoms with E-state index in [2.05, 4.69) is 24.9 Å². The molecule has 2 aliphatic heterocycles. The summed E-state index contributed by atoms with van der Waals surface area (Å²) in [6.07, 6.45) is 3.68. The average molecular weight is 648 g/mol. The number of H-pyrrole nitrogens is 2. The van der Waals surface area contributed by atoms with E-state index in [1.54, 1.807) is 24.3 Å². The third-order valence-corrected chi connectivity index (χ3v) is 12.5. The van der Waals surface area contributed by atoms with Gasteiger partial charge in [-0.25, -0.2) is 26.8 Å². The minimum Gasteiger partial charge on any atom is -0.410 e. The molecule has 2 fully saturated rings. The second-order valence-electron chi connectivity index (χ2n) is 11.1. The van der Waals surface area contributed by atoms with Gasteiger partial charge in [0.2, 0.25) is 20.0 Å². The second-order valence-corrected chi connectivity index (χ2v) is 15.0. The molecule has 0 unspecified atom stereocenters. The van der Waals surface area contributed by atoms with Gasteiger partial charge in [0, 0.05) is 23.3 Å². The summed E-state index contributed by atoms with van der Waals surface area (Å²) in [7, 11) is -7.66. The van der Waals surface area contributed by atoms with Crippen LogP contribution < -0.4 is 19.8 Å². The zero-order valence-electron chi connectivity index (χ0n) is 24.4. The smallest absolute Gasteiger partial charge is 0.274 e. The number of piperazine rings is 2. The molecule has 3 aliphatic rings. The van der Waals surface area contributed by atoms with Gasteiger partial charge < -0.3 is 5.21 Å². The summed E-state index contributed by atoms with van der Waals surface area (Å²) in [5.41, 5.74) is 2.38. The van der Waals surface area contributed by atoms with Crippen LogP contribution in [0.4, 0.5) is 11.6 Å². The maximum absolute atomic E-state index is 13.7. The molecule has 0 amide bonds. The van der Waals surface area contributed by atoms with Crippen molar-refractivity contribution in [3.8, 4) is 11.1 Å². The molecular formula is C31H33N7O5S2+2. The molecule has 2 aromatic heterocycles. The molecule has 0 radical (unpaired) electrons. The number of aromatic amines is 2. The lowest BCUT2D eigenvalue weighted by Crippen LogP contribution is -2.49. The number of nitrogens with zero attached hydrogens (tertiary/aromatic N) is 5. The molecule has 0 bridgehead atoms. The average Bonchev–Trinajstić information content (AvgIpc) is 3.41. The van der Waals surface area contributed by atoms with Crippen molar-refractivity contribution in [3.05, 3.63) is 96.3 Å². The van der Waals surface area contributed by atoms with Gasteiger partial charge in [-0.3, -0.25) is 9.80 Å². The molecule has 4 heterocycles. The highest BCUT2D eigenvalue weighted by Crippen LogP contribution is 2.40. The van der Waals surface area contributed by atoms with Crippen molar-refractivity contribution in [2.75, 3.05) is 62.2 Å². The molecule has 0 atom stereocenters. The SMILES string of the molecule is O=S(=O)(c1ccc2c(c1)C(=NO)c1cc(S(=O)(=O)N3CCN(c4cccc[nH+]4)CC3)ccc1-2)N1CCN(c2cccc[nH+]2)CC1. The lowest BCUT2D eigenvalue weighted by molar-refractivity contribution is -0.364. The highest BCUT2D eigenvalue weighted by atomic mass is 32.2. The monoisotopic (exact) mass is 647 g/mol. The number of fused-ring (bicyclic) bond motifs is 3. The Morgan fingerprint density at radius 3 is 1.33 bits per heavy atom. The third kappa shape index (κ3) is 5.23. The van der Waals surface area contributed by atoms with Crippen molar-refractivity contribution in [2.45, 2.75) is 9.79 Å². The minimum atomic E-state index is -3.83. The summed E-state index contributed by atoms with van der Waals surface area (Å²) in [6.45, 7) is 3.44. The Bertz CT molecular complexity index is 1830. The van der Waals surface area contributed by atoms with Crippen LogP contribution in [-0.2, 0) is 20.0 Å². The van der Waals surface area contributed by atoms with Crippen molar-refractivity contribution in [1.82, 2.24) is 8.61 Å². The first kappa shape index (κ1) is 29.3. The van der Waals surface area contributed by atoms with Crippen LogP contribution in [0.15, 0.2) is 100 Å². The van der Waals surface area contributed by atoms with Gasteiger partial charge in [-0.2, -0.15) is 8.61 Å². The molecule has 3 N–H and O–H groups in total. The number of benzene rings is 2. The molecule has 232 valence electrons. The van der Waals surface area contributed by atoms with E-state index in [4.69, 9.17) is 0 Å². The number of aromatic nitrogens is 2. The largest absolute Gasteiger partial charge is 0.410 e. The zero-order chi connectivity index (χ0) is 31.2. The van der Waals surface area contributed by atoms with Crippen LogP contribution >= 0.6 is 0 Å². The van der Waals surface area contributed by atoms with Gasteiger partial charge >= 0.3 is 0 Å². The Labute approximate surface area is 262 Å². The van der Waals surface area contributed by atoms with Crippen LogP contribution in [0.2, 0.25) is 0 Å². The van der Waals surface area contributed by atoms with Crippen LogP contribution in [-0.4, -0.2) is 88.7 Å². The van der Waals surface area contributed by atoms with Gasteiger partial charge in [0.1, 0.15) is 5.71 Å². The van der Waals surface area contributed by atoms with Crippen LogP contribution in [0.25, 0.3) is 11.1 Å². The summed E-state index contributed by atoms with van der Waals surface area (Å²) >= 11 is 0. The van der Waals surface area contributed by atoms with Crippen molar-refractivity contribution in [1.29, 1.82) is 0 Å². The van der Waals surface area contributed by atoms with E-state index in [1.165, 1.54) is 20.7 Å². The van der Waals surface area contributed by atoms with Crippen molar-refractivity contribution in [3.63, 3.8) is 0 Å². The molecule has 1 aliphatic carbocycles. The lowest BCUT2D eigenvalue weighted by Gasteiger charge is -2.30. The molecule has 0 spiro atoms. The summed E-state index contributed by atoms with van der Waals surface area (Å²) in [4.78, 5) is 10.8. The van der Waals surface area contributed by atoms with Gasteiger partial charge in [0.15, 0.2) is 0 Å². The predicted molar refractivity (Wildman–Crippen MR) is 167 cm³/mol. The number of hydrogen-bond donors (Lipinski definition) is 1. The van der Waals surface area contributed by atoms with Crippen LogP contribution in [0.3, 0.4) is 0 Å². The molecule has 0 saturated carbocycles. The van der Waals surface area contributed by atoms with Crippen LogP contribution in [0.1, 0.15) is 11.1 Å². The maximum Gasteiger partial charge on any atom is 0.274 e. The first-order chi connectivity index (χ1) is 21.8. The Morgan fingerprint density at radius 1 is 0.556 bits per heavy atom. The predicted octanol–water partition coefficient (Wildman–Crippen LogP) is 1.54. The van der Waals surface area contributed by atoms with Crippen molar-refractivity contribution < 1.29 is 32.0 Å². The molecule has 4 aromatic rings. The number of pyridine rings is 2. The van der Waals surface area contributed by atoms with E-state index in [9.17, 15) is 22.0 Å². The summed E-state index contributed by atoms with van der Waals surface area (Å²) < 4.78 is 57.6. The Morgan fingerprint density at radius 2 is 0.978 bits per heavy atom. The normalized spacial score (nSPS) is 17.6. The third-order valence-electron chi connectivity index (χ3n) is 8.70. The van der Waals surface area contributed by atoms with E-state index in [-0.39, 0.29) is 15.5 Å². The van der Waals surface area contributed by atoms with E-state index >= 15 is 0 Å². The first-order valence-electron chi connectivity index (χ1n) is 14.7. The molecular weight excluding hydrogens is 615 g/mol. The number of nitrogens with one attached hydrogen (secondary N) is 2. The van der Waals surface area contributed by atoms with Crippen molar-refractivity contribution in [2.24, 2.45) is 5.16 Å². The fourth-order valence-electron chi connectivity index (χ4n) is 6.28. The van der Waals surface area contributed by atoms with Crippen LogP contribution in [0, 0.1) is 0 Å². The van der Waals surface area contributed by atoms with Gasteiger partial charge in [0.05, 0.1) is 74.5 Å².